The summed E-state index contributed by atoms with van der Waals surface area (Å²) in [6.45, 7) is 0.667. The summed E-state index contributed by atoms with van der Waals surface area (Å²) in [5.74, 6) is 0.185. The van der Waals surface area contributed by atoms with Gasteiger partial charge in [0.25, 0.3) is 0 Å². The van der Waals surface area contributed by atoms with Crippen molar-refractivity contribution in [1.82, 2.24) is 5.32 Å². The molecule has 1 aliphatic carbocycles. The summed E-state index contributed by atoms with van der Waals surface area (Å²) in [5, 5.41) is 3.16. The van der Waals surface area contributed by atoms with Crippen LogP contribution in [0, 0.1) is 0 Å². The molecule has 1 aliphatic rings. The van der Waals surface area contributed by atoms with Gasteiger partial charge < -0.3 is 11.1 Å². The molecule has 3 nitrogen and oxygen atoms in total. The molecule has 0 radical (unpaired) electrons. The van der Waals surface area contributed by atoms with Crippen LogP contribution >= 0.6 is 11.8 Å². The minimum absolute atomic E-state index is 0.185. The summed E-state index contributed by atoms with van der Waals surface area (Å²) in [5.41, 5.74) is 7.67. The number of nitrogens with two attached hydrogens (primary N) is 1. The average Bonchev–Trinajstić information content (AvgIpc) is 3.07. The third-order valence-electron chi connectivity index (χ3n) is 4.56. The molecule has 1 saturated carbocycles. The van der Waals surface area contributed by atoms with E-state index in [1.165, 1.54) is 10.5 Å². The van der Waals surface area contributed by atoms with Crippen molar-refractivity contribution in [2.45, 2.75) is 41.7 Å². The van der Waals surface area contributed by atoms with Crippen LogP contribution in [0.3, 0.4) is 0 Å². The van der Waals surface area contributed by atoms with E-state index in [4.69, 9.17) is 5.73 Å². The number of anilines is 1. The molecule has 4 heteroatoms. The number of nitrogens with one attached hydrogen (secondary N) is 1. The lowest BCUT2D eigenvalue weighted by Gasteiger charge is -2.27. The second-order valence-electron chi connectivity index (χ2n) is 6.36. The van der Waals surface area contributed by atoms with E-state index < -0.39 is 0 Å². The highest BCUT2D eigenvalue weighted by molar-refractivity contribution is 8.01. The molecule has 0 spiro atoms. The maximum Gasteiger partial charge on any atom is 0.236 e. The monoisotopic (exact) mass is 340 g/mol. The zero-order chi connectivity index (χ0) is 16.8. The van der Waals surface area contributed by atoms with Crippen LogP contribution in [0.15, 0.2) is 59.5 Å². The Balaban J connectivity index is 1.59. The first-order valence-corrected chi connectivity index (χ1v) is 9.36. The fourth-order valence-corrected chi connectivity index (χ4v) is 4.60. The minimum Gasteiger partial charge on any atom is -0.399 e. The lowest BCUT2D eigenvalue weighted by Crippen LogP contribution is -2.43. The number of carbonyl (C=O) groups is 1. The summed E-state index contributed by atoms with van der Waals surface area (Å²) in [6.07, 6.45) is 5.01. The van der Waals surface area contributed by atoms with Gasteiger partial charge in [-0.3, -0.25) is 4.79 Å². The Labute approximate surface area is 148 Å². The molecule has 3 N–H and O–H groups in total. The zero-order valence-electron chi connectivity index (χ0n) is 13.8. The fraction of sp³-hybridized carbons (Fsp3) is 0.350. The molecular formula is C20H24N2OS. The lowest BCUT2D eigenvalue weighted by atomic mass is 10.1. The van der Waals surface area contributed by atoms with Crippen molar-refractivity contribution in [2.75, 3.05) is 12.3 Å². The first kappa shape index (κ1) is 16.9. The Hall–Kier alpha value is -1.94. The van der Waals surface area contributed by atoms with Crippen LogP contribution in [-0.4, -0.2) is 17.2 Å². The Kier molecular flexibility index (Phi) is 5.46. The molecular weight excluding hydrogens is 316 g/mol. The van der Waals surface area contributed by atoms with Gasteiger partial charge in [-0.15, -0.1) is 11.8 Å². The van der Waals surface area contributed by atoms with E-state index in [0.717, 1.165) is 37.8 Å². The predicted molar refractivity (Wildman–Crippen MR) is 101 cm³/mol. The number of carbonyl (C=O) groups excluding carboxylic acids is 1. The third-order valence-corrected chi connectivity index (χ3v) is 6.05. The van der Waals surface area contributed by atoms with E-state index in [1.807, 2.05) is 42.5 Å². The largest absolute Gasteiger partial charge is 0.399 e. The molecule has 0 heterocycles. The molecule has 24 heavy (non-hydrogen) atoms. The Morgan fingerprint density at radius 1 is 1.04 bits per heavy atom. The highest BCUT2D eigenvalue weighted by atomic mass is 32.2. The molecule has 3 rings (SSSR count). The van der Waals surface area contributed by atoms with Crippen molar-refractivity contribution in [3.05, 3.63) is 60.2 Å². The number of hydrogen-bond donors (Lipinski definition) is 2. The second kappa shape index (κ2) is 7.75. The molecule has 0 aliphatic heterocycles. The van der Waals surface area contributed by atoms with Gasteiger partial charge in [0.05, 0.1) is 4.75 Å². The van der Waals surface area contributed by atoms with Crippen LogP contribution in [0.25, 0.3) is 0 Å². The first-order valence-electron chi connectivity index (χ1n) is 8.55. The Morgan fingerprint density at radius 2 is 1.71 bits per heavy atom. The highest BCUT2D eigenvalue weighted by Gasteiger charge is 2.41. The molecule has 1 fully saturated rings. The summed E-state index contributed by atoms with van der Waals surface area (Å²) < 4.78 is -0.303. The van der Waals surface area contributed by atoms with Crippen LogP contribution < -0.4 is 11.1 Å². The number of hydrogen-bond acceptors (Lipinski definition) is 3. The van der Waals surface area contributed by atoms with Gasteiger partial charge in [-0.05, 0) is 49.1 Å². The lowest BCUT2D eigenvalue weighted by molar-refractivity contribution is -0.123. The highest BCUT2D eigenvalue weighted by Crippen LogP contribution is 2.45. The van der Waals surface area contributed by atoms with Crippen molar-refractivity contribution in [3.63, 3.8) is 0 Å². The molecule has 2 aromatic carbocycles. The molecule has 0 aromatic heterocycles. The summed E-state index contributed by atoms with van der Waals surface area (Å²) >= 11 is 1.73. The summed E-state index contributed by atoms with van der Waals surface area (Å²) in [6, 6.07) is 18.1. The first-order chi connectivity index (χ1) is 11.7. The number of nitrogen functional groups attached to an aromatic ring is 1. The number of thioether (sulfide) groups is 1. The van der Waals surface area contributed by atoms with Crippen LogP contribution in [0.2, 0.25) is 0 Å². The predicted octanol–water partition coefficient (Wildman–Crippen LogP) is 4.03. The van der Waals surface area contributed by atoms with E-state index in [1.54, 1.807) is 11.8 Å². The zero-order valence-corrected chi connectivity index (χ0v) is 14.6. The van der Waals surface area contributed by atoms with Crippen LogP contribution in [0.5, 0.6) is 0 Å². The maximum atomic E-state index is 12.9. The van der Waals surface area contributed by atoms with E-state index in [-0.39, 0.29) is 10.7 Å². The van der Waals surface area contributed by atoms with Crippen LogP contribution in [-0.2, 0) is 11.2 Å². The normalized spacial score (nSPS) is 16.0. The van der Waals surface area contributed by atoms with Gasteiger partial charge in [0.2, 0.25) is 5.91 Å². The minimum atomic E-state index is -0.303. The second-order valence-corrected chi connectivity index (χ2v) is 7.82. The maximum absolute atomic E-state index is 12.9. The van der Waals surface area contributed by atoms with Crippen LogP contribution in [0.4, 0.5) is 5.69 Å². The molecule has 0 atom stereocenters. The van der Waals surface area contributed by atoms with Crippen molar-refractivity contribution in [1.29, 1.82) is 0 Å². The quantitative estimate of drug-likeness (QED) is 0.781. The van der Waals surface area contributed by atoms with E-state index in [2.05, 4.69) is 17.4 Å². The molecule has 2 aromatic rings. The van der Waals surface area contributed by atoms with E-state index in [9.17, 15) is 4.79 Å². The molecule has 1 amide bonds. The number of amides is 1. The third kappa shape index (κ3) is 4.12. The summed E-state index contributed by atoms with van der Waals surface area (Å²) in [4.78, 5) is 14.0. The molecule has 0 bridgehead atoms. The van der Waals surface area contributed by atoms with Gasteiger partial charge in [-0.1, -0.05) is 43.2 Å². The van der Waals surface area contributed by atoms with Gasteiger partial charge in [0, 0.05) is 17.1 Å². The summed E-state index contributed by atoms with van der Waals surface area (Å²) in [7, 11) is 0. The van der Waals surface area contributed by atoms with Crippen molar-refractivity contribution in [2.24, 2.45) is 0 Å². The molecule has 126 valence electrons. The SMILES string of the molecule is Nc1ccc(CCNC(=O)C2(Sc3ccccc3)CCCC2)cc1. The van der Waals surface area contributed by atoms with Crippen molar-refractivity contribution in [3.8, 4) is 0 Å². The van der Waals surface area contributed by atoms with Gasteiger partial charge in [0.1, 0.15) is 0 Å². The van der Waals surface area contributed by atoms with Gasteiger partial charge in [0.15, 0.2) is 0 Å². The standard InChI is InChI=1S/C20H24N2OS/c21-17-10-8-16(9-11-17)12-15-22-19(23)20(13-4-5-14-20)24-18-6-2-1-3-7-18/h1-3,6-11H,4-5,12-15,21H2,(H,22,23). The Bertz CT molecular complexity index is 664. The van der Waals surface area contributed by atoms with E-state index in [0.29, 0.717) is 6.54 Å². The number of benzene rings is 2. The average molecular weight is 340 g/mol. The van der Waals surface area contributed by atoms with Gasteiger partial charge in [-0.25, -0.2) is 0 Å². The Morgan fingerprint density at radius 3 is 2.38 bits per heavy atom. The van der Waals surface area contributed by atoms with E-state index >= 15 is 0 Å². The van der Waals surface area contributed by atoms with Crippen molar-refractivity contribution < 1.29 is 4.79 Å². The van der Waals surface area contributed by atoms with Gasteiger partial charge in [-0.2, -0.15) is 0 Å². The molecule has 0 saturated heterocycles. The van der Waals surface area contributed by atoms with Crippen molar-refractivity contribution >= 4 is 23.4 Å². The smallest absolute Gasteiger partial charge is 0.236 e. The van der Waals surface area contributed by atoms with Gasteiger partial charge >= 0.3 is 0 Å². The molecule has 0 unspecified atom stereocenters. The fourth-order valence-electron chi connectivity index (χ4n) is 3.20. The number of rotatable bonds is 6. The van der Waals surface area contributed by atoms with Crippen LogP contribution in [0.1, 0.15) is 31.2 Å². The topological polar surface area (TPSA) is 55.1 Å².